The summed E-state index contributed by atoms with van der Waals surface area (Å²) >= 11 is 0. The van der Waals surface area contributed by atoms with Crippen molar-refractivity contribution in [2.75, 3.05) is 6.54 Å². The van der Waals surface area contributed by atoms with Crippen molar-refractivity contribution in [3.8, 4) is 0 Å². The summed E-state index contributed by atoms with van der Waals surface area (Å²) in [6, 6.07) is 0. The minimum Gasteiger partial charge on any atom is -0.511 e. The fourth-order valence-electron chi connectivity index (χ4n) is 3.40. The number of hydrogen-bond donors (Lipinski definition) is 1. The van der Waals surface area contributed by atoms with Gasteiger partial charge in [-0.05, 0) is 19.3 Å². The van der Waals surface area contributed by atoms with E-state index in [1.165, 1.54) is 0 Å². The zero-order valence-electron chi connectivity index (χ0n) is 14.2. The van der Waals surface area contributed by atoms with Gasteiger partial charge in [0.25, 0.3) is 0 Å². The van der Waals surface area contributed by atoms with E-state index in [0.717, 1.165) is 19.3 Å². The summed E-state index contributed by atoms with van der Waals surface area (Å²) in [5.74, 6) is 0.629. The lowest BCUT2D eigenvalue weighted by molar-refractivity contribution is -0.115. The maximum absolute atomic E-state index is 12.2. The Bertz CT molecular complexity index is 770. The van der Waals surface area contributed by atoms with Crippen LogP contribution in [0.3, 0.4) is 0 Å². The third-order valence-electron chi connectivity index (χ3n) is 4.60. The molecule has 1 saturated carbocycles. The summed E-state index contributed by atoms with van der Waals surface area (Å²) in [6.07, 6.45) is 6.12. The number of nitrogens with zero attached hydrogens (tertiary/aromatic N) is 2. The van der Waals surface area contributed by atoms with Crippen LogP contribution in [0.4, 0.5) is 0 Å². The van der Waals surface area contributed by atoms with Crippen LogP contribution in [0.25, 0.3) is 0 Å². The molecule has 1 fully saturated rings. The number of allylic oxidation sites excluding steroid dienone is 2. The molecular weight excluding hydrogens is 320 g/mol. The third-order valence-corrected chi connectivity index (χ3v) is 4.60. The number of Topliss-reactive ketones (excluding diaryl/α,β-unsaturated/α-hetero) is 2. The molecule has 132 valence electrons. The predicted octanol–water partition coefficient (Wildman–Crippen LogP) is 3.32. The molecule has 0 aliphatic heterocycles. The van der Waals surface area contributed by atoms with Crippen molar-refractivity contribution >= 4 is 17.3 Å². The SMILES string of the molecule is C=CCN=C1CCCC(=O)C1=C(O)CCc1noc2c1C(=O)CCC2. The van der Waals surface area contributed by atoms with Crippen LogP contribution < -0.4 is 0 Å². The second kappa shape index (κ2) is 7.59. The summed E-state index contributed by atoms with van der Waals surface area (Å²) in [6.45, 7) is 4.05. The zero-order valence-corrected chi connectivity index (χ0v) is 14.2. The Balaban J connectivity index is 1.80. The summed E-state index contributed by atoms with van der Waals surface area (Å²) in [7, 11) is 0. The molecule has 0 spiro atoms. The van der Waals surface area contributed by atoms with E-state index in [2.05, 4.69) is 16.7 Å². The van der Waals surface area contributed by atoms with Crippen molar-refractivity contribution < 1.29 is 19.2 Å². The van der Waals surface area contributed by atoms with E-state index in [1.54, 1.807) is 6.08 Å². The van der Waals surface area contributed by atoms with Gasteiger partial charge in [-0.15, -0.1) is 6.58 Å². The molecule has 6 nitrogen and oxygen atoms in total. The highest BCUT2D eigenvalue weighted by atomic mass is 16.5. The number of aryl methyl sites for hydroxylation is 2. The first-order chi connectivity index (χ1) is 12.1. The maximum Gasteiger partial charge on any atom is 0.168 e. The second-order valence-electron chi connectivity index (χ2n) is 6.38. The smallest absolute Gasteiger partial charge is 0.168 e. The number of aliphatic hydroxyl groups is 1. The average Bonchev–Trinajstić information content (AvgIpc) is 3.02. The largest absolute Gasteiger partial charge is 0.511 e. The summed E-state index contributed by atoms with van der Waals surface area (Å²) in [4.78, 5) is 28.7. The van der Waals surface area contributed by atoms with E-state index in [0.29, 0.717) is 60.5 Å². The number of aromatic nitrogens is 1. The highest BCUT2D eigenvalue weighted by Crippen LogP contribution is 2.27. The molecule has 25 heavy (non-hydrogen) atoms. The van der Waals surface area contributed by atoms with Crippen LogP contribution in [-0.4, -0.2) is 34.1 Å². The molecule has 1 aromatic heterocycles. The van der Waals surface area contributed by atoms with Crippen molar-refractivity contribution in [1.29, 1.82) is 0 Å². The lowest BCUT2D eigenvalue weighted by Gasteiger charge is -2.17. The van der Waals surface area contributed by atoms with Crippen molar-refractivity contribution in [1.82, 2.24) is 5.16 Å². The number of hydrogen-bond acceptors (Lipinski definition) is 6. The van der Waals surface area contributed by atoms with Gasteiger partial charge in [0.1, 0.15) is 11.5 Å². The van der Waals surface area contributed by atoms with Gasteiger partial charge >= 0.3 is 0 Å². The van der Waals surface area contributed by atoms with Crippen LogP contribution in [0, 0.1) is 0 Å². The molecule has 0 bridgehead atoms. The average molecular weight is 342 g/mol. The molecule has 0 saturated heterocycles. The summed E-state index contributed by atoms with van der Waals surface area (Å²) < 4.78 is 5.26. The van der Waals surface area contributed by atoms with Gasteiger partial charge in [-0.3, -0.25) is 14.6 Å². The highest BCUT2D eigenvalue weighted by Gasteiger charge is 2.28. The topological polar surface area (TPSA) is 92.8 Å². The fourth-order valence-corrected chi connectivity index (χ4v) is 3.40. The number of carbonyl (C=O) groups is 2. The highest BCUT2D eigenvalue weighted by molar-refractivity contribution is 6.24. The molecule has 6 heteroatoms. The molecule has 3 rings (SSSR count). The van der Waals surface area contributed by atoms with Crippen LogP contribution in [0.15, 0.2) is 33.5 Å². The molecule has 1 N–H and O–H groups in total. The number of rotatable bonds is 5. The number of aliphatic hydroxyl groups excluding tert-OH is 1. The predicted molar refractivity (Wildman–Crippen MR) is 93.1 cm³/mol. The first-order valence-corrected chi connectivity index (χ1v) is 8.72. The Morgan fingerprint density at radius 3 is 2.76 bits per heavy atom. The van der Waals surface area contributed by atoms with Gasteiger partial charge in [-0.1, -0.05) is 11.2 Å². The Kier molecular flexibility index (Phi) is 5.26. The maximum atomic E-state index is 12.2. The summed E-state index contributed by atoms with van der Waals surface area (Å²) in [5, 5.41) is 14.5. The van der Waals surface area contributed by atoms with Gasteiger partial charge in [0.2, 0.25) is 0 Å². The molecule has 0 unspecified atom stereocenters. The van der Waals surface area contributed by atoms with Crippen LogP contribution >= 0.6 is 0 Å². The molecule has 0 atom stereocenters. The lowest BCUT2D eigenvalue weighted by atomic mass is 9.89. The first kappa shape index (κ1) is 17.3. The number of carbonyl (C=O) groups excluding carboxylic acids is 2. The number of aliphatic imine (C=N–C) groups is 1. The van der Waals surface area contributed by atoms with Crippen LogP contribution in [-0.2, 0) is 17.6 Å². The Labute approximate surface area is 146 Å². The van der Waals surface area contributed by atoms with E-state index in [-0.39, 0.29) is 23.7 Å². The van der Waals surface area contributed by atoms with Gasteiger partial charge in [0, 0.05) is 37.8 Å². The molecule has 1 heterocycles. The van der Waals surface area contributed by atoms with Crippen LogP contribution in [0.2, 0.25) is 0 Å². The van der Waals surface area contributed by atoms with Gasteiger partial charge in [0.15, 0.2) is 11.6 Å². The van der Waals surface area contributed by atoms with Crippen molar-refractivity contribution in [3.05, 3.63) is 41.0 Å². The Hall–Kier alpha value is -2.50. The minimum absolute atomic E-state index is 0.0209. The van der Waals surface area contributed by atoms with Gasteiger partial charge < -0.3 is 9.63 Å². The van der Waals surface area contributed by atoms with Crippen LogP contribution in [0.1, 0.15) is 60.3 Å². The molecule has 2 aliphatic rings. The molecule has 0 amide bonds. The minimum atomic E-state index is -0.0789. The van der Waals surface area contributed by atoms with E-state index in [9.17, 15) is 14.7 Å². The second-order valence-corrected chi connectivity index (χ2v) is 6.38. The third kappa shape index (κ3) is 3.62. The number of fused-ring (bicyclic) bond motifs is 1. The zero-order chi connectivity index (χ0) is 17.8. The lowest BCUT2D eigenvalue weighted by Crippen LogP contribution is -2.22. The van der Waals surface area contributed by atoms with Gasteiger partial charge in [-0.2, -0.15) is 0 Å². The van der Waals surface area contributed by atoms with Gasteiger partial charge in [-0.25, -0.2) is 0 Å². The van der Waals surface area contributed by atoms with E-state index < -0.39 is 0 Å². The molecular formula is C19H22N2O4. The van der Waals surface area contributed by atoms with Crippen LogP contribution in [0.5, 0.6) is 0 Å². The standard InChI is InChI=1S/C19H22N2O4/c1-2-11-20-12-5-3-6-14(22)18(12)16(24)10-9-13-19-15(23)7-4-8-17(19)25-21-13/h2,24H,1,3-11H2. The Morgan fingerprint density at radius 1 is 1.20 bits per heavy atom. The van der Waals surface area contributed by atoms with E-state index >= 15 is 0 Å². The first-order valence-electron chi connectivity index (χ1n) is 8.72. The quantitative estimate of drug-likeness (QED) is 0.503. The van der Waals surface area contributed by atoms with E-state index in [4.69, 9.17) is 4.52 Å². The molecule has 0 aromatic carbocycles. The molecule has 0 radical (unpaired) electrons. The van der Waals surface area contributed by atoms with Crippen molar-refractivity contribution in [2.45, 2.75) is 51.4 Å². The van der Waals surface area contributed by atoms with E-state index in [1.807, 2.05) is 0 Å². The molecule has 2 aliphatic carbocycles. The van der Waals surface area contributed by atoms with Crippen molar-refractivity contribution in [3.63, 3.8) is 0 Å². The molecule has 1 aromatic rings. The Morgan fingerprint density at radius 2 is 1.96 bits per heavy atom. The fraction of sp³-hybridized carbons (Fsp3) is 0.474. The summed E-state index contributed by atoms with van der Waals surface area (Å²) in [5.41, 5.74) is 2.11. The van der Waals surface area contributed by atoms with Crippen molar-refractivity contribution in [2.24, 2.45) is 4.99 Å². The number of ketones is 2. The monoisotopic (exact) mass is 342 g/mol. The normalized spacial score (nSPS) is 21.4. The van der Waals surface area contributed by atoms with Gasteiger partial charge in [0.05, 0.1) is 23.4 Å².